The van der Waals surface area contributed by atoms with E-state index in [0.29, 0.717) is 0 Å². The molecule has 0 aliphatic carbocycles. The van der Waals surface area contributed by atoms with Crippen LogP contribution in [0.4, 0.5) is 5.69 Å². The average Bonchev–Trinajstić information content (AvgIpc) is 2.26. The molecule has 0 aliphatic heterocycles. The number of sulfonamides is 1. The van der Waals surface area contributed by atoms with Gasteiger partial charge in [0, 0.05) is 12.1 Å². The summed E-state index contributed by atoms with van der Waals surface area (Å²) in [5.74, 6) is -1.17. The zero-order valence-electron chi connectivity index (χ0n) is 9.62. The highest BCUT2D eigenvalue weighted by molar-refractivity contribution is 7.92. The summed E-state index contributed by atoms with van der Waals surface area (Å²) in [6, 6.07) is 3.70. The predicted molar refractivity (Wildman–Crippen MR) is 65.9 cm³/mol. The summed E-state index contributed by atoms with van der Waals surface area (Å²) in [5, 5.41) is 18.5. The molecule has 1 atom stereocenters. The van der Waals surface area contributed by atoms with E-state index in [0.717, 1.165) is 6.26 Å². The van der Waals surface area contributed by atoms with Gasteiger partial charge in [0.1, 0.15) is 0 Å². The molecule has 5 N–H and O–H groups in total. The van der Waals surface area contributed by atoms with Crippen LogP contribution in [0.3, 0.4) is 0 Å². The van der Waals surface area contributed by atoms with Crippen molar-refractivity contribution in [2.24, 2.45) is 5.73 Å². The number of rotatable bonds is 5. The molecule has 0 fully saturated rings. The summed E-state index contributed by atoms with van der Waals surface area (Å²) >= 11 is 0. The second-order valence-corrected chi connectivity index (χ2v) is 5.48. The molecule has 8 heteroatoms. The molecule has 0 spiro atoms. The normalized spacial score (nSPS) is 13.1. The van der Waals surface area contributed by atoms with Crippen molar-refractivity contribution in [1.82, 2.24) is 0 Å². The lowest BCUT2D eigenvalue weighted by Gasteiger charge is -2.15. The van der Waals surface area contributed by atoms with Gasteiger partial charge in [0.05, 0.1) is 23.6 Å². The van der Waals surface area contributed by atoms with Crippen LogP contribution in [0.2, 0.25) is 0 Å². The molecule has 7 nitrogen and oxygen atoms in total. The first-order valence-electron chi connectivity index (χ1n) is 4.97. The van der Waals surface area contributed by atoms with Crippen LogP contribution >= 0.6 is 0 Å². The molecular formula is C10H14N2O5S. The van der Waals surface area contributed by atoms with Crippen molar-refractivity contribution in [2.75, 3.05) is 17.5 Å². The van der Waals surface area contributed by atoms with Gasteiger partial charge in [0.15, 0.2) is 0 Å². The summed E-state index contributed by atoms with van der Waals surface area (Å²) in [4.78, 5) is 10.8. The van der Waals surface area contributed by atoms with E-state index in [9.17, 15) is 18.3 Å². The highest BCUT2D eigenvalue weighted by Gasteiger charge is 2.16. The fourth-order valence-corrected chi connectivity index (χ4v) is 1.98. The van der Waals surface area contributed by atoms with Crippen molar-refractivity contribution in [3.05, 3.63) is 29.3 Å². The molecule has 0 aromatic heterocycles. The fourth-order valence-electron chi connectivity index (χ4n) is 1.39. The Balaban J connectivity index is 3.29. The number of hydrogen-bond acceptors (Lipinski definition) is 5. The molecule has 0 saturated carbocycles. The van der Waals surface area contributed by atoms with Crippen molar-refractivity contribution in [2.45, 2.75) is 6.10 Å². The van der Waals surface area contributed by atoms with Gasteiger partial charge in [-0.25, -0.2) is 13.2 Å². The van der Waals surface area contributed by atoms with Crippen molar-refractivity contribution < 1.29 is 23.4 Å². The number of carboxylic acids is 1. The third-order valence-corrected chi connectivity index (χ3v) is 2.77. The summed E-state index contributed by atoms with van der Waals surface area (Å²) in [6.07, 6.45) is -0.190. The number of nitrogens with two attached hydrogens (primary N) is 1. The molecule has 0 bridgehead atoms. The number of carbonyl (C=O) groups is 1. The highest BCUT2D eigenvalue weighted by atomic mass is 32.2. The lowest BCUT2D eigenvalue weighted by Crippen LogP contribution is -2.17. The quantitative estimate of drug-likeness (QED) is 0.585. The highest BCUT2D eigenvalue weighted by Crippen LogP contribution is 2.24. The van der Waals surface area contributed by atoms with Crippen LogP contribution in [0.5, 0.6) is 0 Å². The zero-order valence-corrected chi connectivity index (χ0v) is 10.4. The van der Waals surface area contributed by atoms with Crippen molar-refractivity contribution in [3.63, 3.8) is 0 Å². The van der Waals surface area contributed by atoms with Crippen molar-refractivity contribution >= 4 is 21.7 Å². The molecule has 0 radical (unpaired) electrons. The number of benzene rings is 1. The van der Waals surface area contributed by atoms with Crippen molar-refractivity contribution in [3.8, 4) is 0 Å². The van der Waals surface area contributed by atoms with Crippen LogP contribution in [0.1, 0.15) is 22.0 Å². The van der Waals surface area contributed by atoms with E-state index in [1.807, 2.05) is 0 Å². The van der Waals surface area contributed by atoms with E-state index in [2.05, 4.69) is 4.72 Å². The molecule has 100 valence electrons. The van der Waals surface area contributed by atoms with Gasteiger partial charge in [0.25, 0.3) is 0 Å². The second kappa shape index (κ2) is 5.34. The van der Waals surface area contributed by atoms with Crippen LogP contribution in [0.25, 0.3) is 0 Å². The minimum absolute atomic E-state index is 0.0587. The van der Waals surface area contributed by atoms with E-state index in [4.69, 9.17) is 10.8 Å². The second-order valence-electron chi connectivity index (χ2n) is 3.73. The first-order valence-corrected chi connectivity index (χ1v) is 6.87. The predicted octanol–water partition coefficient (Wildman–Crippen LogP) is -0.252. The molecule has 1 rings (SSSR count). The molecule has 1 aromatic rings. The third-order valence-electron chi connectivity index (χ3n) is 2.18. The van der Waals surface area contributed by atoms with Gasteiger partial charge in [-0.2, -0.15) is 0 Å². The maximum atomic E-state index is 11.1. The minimum Gasteiger partial charge on any atom is -0.478 e. The Kier molecular flexibility index (Phi) is 4.28. The Labute approximate surface area is 104 Å². The first-order chi connectivity index (χ1) is 8.24. The first kappa shape index (κ1) is 14.4. The van der Waals surface area contributed by atoms with E-state index < -0.39 is 22.1 Å². The molecular weight excluding hydrogens is 260 g/mol. The molecule has 1 aromatic carbocycles. The van der Waals surface area contributed by atoms with E-state index in [1.165, 1.54) is 18.2 Å². The van der Waals surface area contributed by atoms with E-state index in [-0.39, 0.29) is 23.4 Å². The SMILES string of the molecule is CS(=O)(=O)Nc1ccc(C(=O)O)cc1C(O)CN. The number of nitrogens with one attached hydrogen (secondary N) is 1. The van der Waals surface area contributed by atoms with Gasteiger partial charge in [-0.05, 0) is 18.2 Å². The Morgan fingerprint density at radius 2 is 2.11 bits per heavy atom. The van der Waals surface area contributed by atoms with Gasteiger partial charge in [-0.3, -0.25) is 4.72 Å². The standard InChI is InChI=1S/C10H14N2O5S/c1-18(16,17)12-8-3-2-6(10(14)15)4-7(8)9(13)5-11/h2-4,9,12-13H,5,11H2,1H3,(H,14,15). The fraction of sp³-hybridized carbons (Fsp3) is 0.300. The van der Waals surface area contributed by atoms with Crippen LogP contribution in [-0.4, -0.2) is 37.4 Å². The average molecular weight is 274 g/mol. The van der Waals surface area contributed by atoms with Gasteiger partial charge in [-0.1, -0.05) is 0 Å². The molecule has 18 heavy (non-hydrogen) atoms. The summed E-state index contributed by atoms with van der Waals surface area (Å²) in [6.45, 7) is -0.151. The lowest BCUT2D eigenvalue weighted by atomic mass is 10.0. The Morgan fingerprint density at radius 1 is 1.50 bits per heavy atom. The monoisotopic (exact) mass is 274 g/mol. The molecule has 1 unspecified atom stereocenters. The van der Waals surface area contributed by atoms with Gasteiger partial charge < -0.3 is 15.9 Å². The van der Waals surface area contributed by atoms with Gasteiger partial charge in [-0.15, -0.1) is 0 Å². The maximum Gasteiger partial charge on any atom is 0.335 e. The number of aliphatic hydroxyl groups is 1. The molecule has 0 amide bonds. The number of hydrogen-bond donors (Lipinski definition) is 4. The van der Waals surface area contributed by atoms with E-state index in [1.54, 1.807) is 0 Å². The largest absolute Gasteiger partial charge is 0.478 e. The number of aliphatic hydroxyl groups excluding tert-OH is 1. The Morgan fingerprint density at radius 3 is 2.56 bits per heavy atom. The Hall–Kier alpha value is -1.64. The lowest BCUT2D eigenvalue weighted by molar-refractivity contribution is 0.0696. The maximum absolute atomic E-state index is 11.1. The Bertz CT molecular complexity index is 555. The van der Waals surface area contributed by atoms with E-state index >= 15 is 0 Å². The number of anilines is 1. The molecule has 0 saturated heterocycles. The van der Waals surface area contributed by atoms with Crippen LogP contribution in [0.15, 0.2) is 18.2 Å². The van der Waals surface area contributed by atoms with Crippen LogP contribution in [-0.2, 0) is 10.0 Å². The minimum atomic E-state index is -3.52. The summed E-state index contributed by atoms with van der Waals surface area (Å²) in [7, 11) is -3.52. The molecule has 0 aliphatic rings. The number of carboxylic acid groups (broad SMARTS) is 1. The van der Waals surface area contributed by atoms with Crippen molar-refractivity contribution in [1.29, 1.82) is 0 Å². The molecule has 0 heterocycles. The van der Waals surface area contributed by atoms with Gasteiger partial charge >= 0.3 is 5.97 Å². The smallest absolute Gasteiger partial charge is 0.335 e. The topological polar surface area (TPSA) is 130 Å². The third kappa shape index (κ3) is 3.69. The summed E-state index contributed by atoms with van der Waals surface area (Å²) in [5.41, 5.74) is 5.47. The van der Waals surface area contributed by atoms with Crippen LogP contribution < -0.4 is 10.5 Å². The van der Waals surface area contributed by atoms with Crippen LogP contribution in [0, 0.1) is 0 Å². The van der Waals surface area contributed by atoms with Gasteiger partial charge in [0.2, 0.25) is 10.0 Å². The summed E-state index contributed by atoms with van der Waals surface area (Å²) < 4.78 is 24.5. The zero-order chi connectivity index (χ0) is 13.9. The number of aromatic carboxylic acids is 1.